The molecule has 0 saturated carbocycles. The molecule has 2 nitrogen and oxygen atoms in total. The van der Waals surface area contributed by atoms with Crippen molar-refractivity contribution in [2.24, 2.45) is 0 Å². The van der Waals surface area contributed by atoms with Crippen molar-refractivity contribution in [3.05, 3.63) is 71.9 Å². The van der Waals surface area contributed by atoms with Crippen LogP contribution in [0.4, 0.5) is 0 Å². The van der Waals surface area contributed by atoms with Crippen LogP contribution in [0.5, 0.6) is 0 Å². The largest absolute Gasteiger partial charge is 0.346 e. The lowest BCUT2D eigenvalue weighted by Crippen LogP contribution is -2.19. The van der Waals surface area contributed by atoms with Crippen LogP contribution in [-0.4, -0.2) is 11.1 Å². The summed E-state index contributed by atoms with van der Waals surface area (Å²) in [5.74, 6) is 0. The Morgan fingerprint density at radius 2 is 1.85 bits per heavy atom. The van der Waals surface area contributed by atoms with Crippen LogP contribution in [0.2, 0.25) is 0 Å². The lowest BCUT2D eigenvalue weighted by atomic mass is 10.2. The van der Waals surface area contributed by atoms with Gasteiger partial charge in [0.1, 0.15) is 0 Å². The van der Waals surface area contributed by atoms with E-state index in [4.69, 9.17) is 0 Å². The van der Waals surface area contributed by atoms with Gasteiger partial charge in [-0.2, -0.15) is 0 Å². The lowest BCUT2D eigenvalue weighted by molar-refractivity contribution is 0.609. The van der Waals surface area contributed by atoms with Crippen molar-refractivity contribution in [3.8, 4) is 0 Å². The zero-order chi connectivity index (χ0) is 13.8. The molecule has 20 heavy (non-hydrogen) atoms. The second kappa shape index (κ2) is 5.93. The first kappa shape index (κ1) is 12.9. The molecule has 0 saturated heterocycles. The number of nitrogens with zero attached hydrogens (tertiary/aromatic N) is 1. The minimum absolute atomic E-state index is 0.930. The average Bonchev–Trinajstić information content (AvgIpc) is 2.87. The van der Waals surface area contributed by atoms with Crippen molar-refractivity contribution in [1.29, 1.82) is 0 Å². The van der Waals surface area contributed by atoms with Gasteiger partial charge in [-0.3, -0.25) is 0 Å². The smallest absolute Gasteiger partial charge is 0.0480 e. The van der Waals surface area contributed by atoms with E-state index in [9.17, 15) is 0 Å². The SMILES string of the molecule is Cc1ccc2c(ccn2CCNCc2ccccc2)c1. The van der Waals surface area contributed by atoms with E-state index in [-0.39, 0.29) is 0 Å². The van der Waals surface area contributed by atoms with E-state index in [1.165, 1.54) is 22.0 Å². The predicted molar refractivity (Wildman–Crippen MR) is 84.8 cm³/mol. The van der Waals surface area contributed by atoms with E-state index in [1.807, 2.05) is 0 Å². The maximum Gasteiger partial charge on any atom is 0.0480 e. The summed E-state index contributed by atoms with van der Waals surface area (Å²) < 4.78 is 2.31. The molecule has 2 heteroatoms. The zero-order valence-corrected chi connectivity index (χ0v) is 11.8. The third-order valence-corrected chi connectivity index (χ3v) is 3.63. The molecule has 0 bridgehead atoms. The quantitative estimate of drug-likeness (QED) is 0.695. The van der Waals surface area contributed by atoms with Crippen LogP contribution < -0.4 is 5.32 Å². The molecule has 0 aliphatic carbocycles. The van der Waals surface area contributed by atoms with Crippen molar-refractivity contribution < 1.29 is 0 Å². The third-order valence-electron chi connectivity index (χ3n) is 3.63. The minimum Gasteiger partial charge on any atom is -0.346 e. The summed E-state index contributed by atoms with van der Waals surface area (Å²) in [6, 6.07) is 19.3. The first-order valence-electron chi connectivity index (χ1n) is 7.13. The van der Waals surface area contributed by atoms with Crippen LogP contribution in [0, 0.1) is 6.92 Å². The van der Waals surface area contributed by atoms with Crippen molar-refractivity contribution in [2.75, 3.05) is 6.54 Å². The Kier molecular flexibility index (Phi) is 3.84. The molecule has 1 aromatic heterocycles. The Hall–Kier alpha value is -2.06. The third kappa shape index (κ3) is 2.91. The number of rotatable bonds is 5. The lowest BCUT2D eigenvalue weighted by Gasteiger charge is -2.08. The number of aromatic nitrogens is 1. The van der Waals surface area contributed by atoms with Crippen LogP contribution in [0.1, 0.15) is 11.1 Å². The molecule has 0 atom stereocenters. The van der Waals surface area contributed by atoms with Crippen LogP contribution >= 0.6 is 0 Å². The van der Waals surface area contributed by atoms with Gasteiger partial charge in [0.15, 0.2) is 0 Å². The highest BCUT2D eigenvalue weighted by atomic mass is 15.0. The standard InChI is InChI=1S/C18H20N2/c1-15-7-8-18-17(13-15)9-11-20(18)12-10-19-14-16-5-3-2-4-6-16/h2-9,11,13,19H,10,12,14H2,1H3. The number of hydrogen-bond donors (Lipinski definition) is 1. The molecular formula is C18H20N2. The second-order valence-corrected chi connectivity index (χ2v) is 5.23. The Morgan fingerprint density at radius 3 is 2.70 bits per heavy atom. The molecule has 2 aromatic carbocycles. The monoisotopic (exact) mass is 264 g/mol. The molecule has 3 aromatic rings. The van der Waals surface area contributed by atoms with Gasteiger partial charge in [0.25, 0.3) is 0 Å². The minimum atomic E-state index is 0.930. The summed E-state index contributed by atoms with van der Waals surface area (Å²) in [7, 11) is 0. The fourth-order valence-electron chi connectivity index (χ4n) is 2.54. The van der Waals surface area contributed by atoms with Gasteiger partial charge < -0.3 is 9.88 Å². The molecule has 0 radical (unpaired) electrons. The fourth-order valence-corrected chi connectivity index (χ4v) is 2.54. The summed E-state index contributed by atoms with van der Waals surface area (Å²) in [5.41, 5.74) is 3.97. The summed E-state index contributed by atoms with van der Waals surface area (Å²) in [4.78, 5) is 0. The number of benzene rings is 2. The Morgan fingerprint density at radius 1 is 1.00 bits per heavy atom. The number of nitrogens with one attached hydrogen (secondary N) is 1. The Labute approximate surface area is 120 Å². The van der Waals surface area contributed by atoms with E-state index >= 15 is 0 Å². The molecule has 1 heterocycles. The molecule has 3 rings (SSSR count). The van der Waals surface area contributed by atoms with E-state index in [0.717, 1.165) is 19.6 Å². The first-order chi connectivity index (χ1) is 9.83. The number of hydrogen-bond acceptors (Lipinski definition) is 1. The van der Waals surface area contributed by atoms with E-state index in [1.54, 1.807) is 0 Å². The molecule has 0 unspecified atom stereocenters. The molecule has 102 valence electrons. The van der Waals surface area contributed by atoms with Crippen molar-refractivity contribution in [1.82, 2.24) is 9.88 Å². The van der Waals surface area contributed by atoms with Gasteiger partial charge in [0.05, 0.1) is 0 Å². The number of fused-ring (bicyclic) bond motifs is 1. The Balaban J connectivity index is 1.58. The van der Waals surface area contributed by atoms with E-state index < -0.39 is 0 Å². The van der Waals surface area contributed by atoms with Gasteiger partial charge in [-0.15, -0.1) is 0 Å². The molecule has 0 aliphatic rings. The maximum atomic E-state index is 3.50. The van der Waals surface area contributed by atoms with Gasteiger partial charge >= 0.3 is 0 Å². The van der Waals surface area contributed by atoms with Crippen molar-refractivity contribution in [3.63, 3.8) is 0 Å². The van der Waals surface area contributed by atoms with Crippen LogP contribution in [0.25, 0.3) is 10.9 Å². The average molecular weight is 264 g/mol. The van der Waals surface area contributed by atoms with Crippen molar-refractivity contribution in [2.45, 2.75) is 20.0 Å². The Bertz CT molecular complexity index is 683. The topological polar surface area (TPSA) is 17.0 Å². The molecule has 0 spiro atoms. The highest BCUT2D eigenvalue weighted by Gasteiger charge is 2.00. The van der Waals surface area contributed by atoms with Crippen LogP contribution in [-0.2, 0) is 13.1 Å². The van der Waals surface area contributed by atoms with Crippen molar-refractivity contribution >= 4 is 10.9 Å². The summed E-state index contributed by atoms with van der Waals surface area (Å²) in [6.07, 6.45) is 2.17. The summed E-state index contributed by atoms with van der Waals surface area (Å²) in [6.45, 7) is 5.04. The van der Waals surface area contributed by atoms with Gasteiger partial charge in [-0.25, -0.2) is 0 Å². The fraction of sp³-hybridized carbons (Fsp3) is 0.222. The number of aryl methyl sites for hydroxylation is 1. The molecule has 0 aliphatic heterocycles. The second-order valence-electron chi connectivity index (χ2n) is 5.23. The van der Waals surface area contributed by atoms with Gasteiger partial charge in [0.2, 0.25) is 0 Å². The molecular weight excluding hydrogens is 244 g/mol. The van der Waals surface area contributed by atoms with Gasteiger partial charge in [-0.05, 0) is 36.1 Å². The van der Waals surface area contributed by atoms with E-state index in [0.29, 0.717) is 0 Å². The highest BCUT2D eigenvalue weighted by Crippen LogP contribution is 2.17. The molecule has 0 fully saturated rings. The van der Waals surface area contributed by atoms with Gasteiger partial charge in [-0.1, -0.05) is 42.0 Å². The van der Waals surface area contributed by atoms with Gasteiger partial charge in [0, 0.05) is 31.3 Å². The molecule has 0 amide bonds. The molecule has 1 N–H and O–H groups in total. The zero-order valence-electron chi connectivity index (χ0n) is 11.8. The predicted octanol–water partition coefficient (Wildman–Crippen LogP) is 3.74. The first-order valence-corrected chi connectivity index (χ1v) is 7.13. The normalized spacial score (nSPS) is 11.1. The van der Waals surface area contributed by atoms with E-state index in [2.05, 4.69) is 77.6 Å². The maximum absolute atomic E-state index is 3.50. The highest BCUT2D eigenvalue weighted by molar-refractivity contribution is 5.80. The summed E-state index contributed by atoms with van der Waals surface area (Å²) in [5, 5.41) is 4.82. The van der Waals surface area contributed by atoms with Crippen LogP contribution in [0.3, 0.4) is 0 Å². The van der Waals surface area contributed by atoms with Crippen LogP contribution in [0.15, 0.2) is 60.8 Å². The summed E-state index contributed by atoms with van der Waals surface area (Å²) >= 11 is 0.